The summed E-state index contributed by atoms with van der Waals surface area (Å²) in [6, 6.07) is 3.98. The zero-order valence-corrected chi connectivity index (χ0v) is 10.9. The zero-order chi connectivity index (χ0) is 11.9. The molecule has 94 valence electrons. The Balaban J connectivity index is 1.60. The van der Waals surface area contributed by atoms with E-state index in [4.69, 9.17) is 4.74 Å². The van der Waals surface area contributed by atoms with Crippen LogP contribution in [0.15, 0.2) is 12.1 Å². The van der Waals surface area contributed by atoms with Gasteiger partial charge in [0.25, 0.3) is 0 Å². The van der Waals surface area contributed by atoms with Gasteiger partial charge in [-0.1, -0.05) is 0 Å². The lowest BCUT2D eigenvalue weighted by atomic mass is 10.2. The van der Waals surface area contributed by atoms with Crippen LogP contribution >= 0.6 is 11.3 Å². The van der Waals surface area contributed by atoms with Crippen LogP contribution in [-0.2, 0) is 11.2 Å². The third kappa shape index (κ3) is 4.22. The quantitative estimate of drug-likeness (QED) is 0.575. The van der Waals surface area contributed by atoms with Gasteiger partial charge in [-0.05, 0) is 37.9 Å². The molecule has 3 nitrogen and oxygen atoms in total. The highest BCUT2D eigenvalue weighted by Gasteiger charge is 2.09. The topological polar surface area (TPSA) is 29.5 Å². The van der Waals surface area contributed by atoms with E-state index in [1.807, 2.05) is 6.07 Å². The predicted molar refractivity (Wildman–Crippen MR) is 69.9 cm³/mol. The van der Waals surface area contributed by atoms with E-state index in [1.54, 1.807) is 11.3 Å². The fraction of sp³-hybridized carbons (Fsp3) is 0.615. The molecule has 0 atom stereocenters. The number of aldehydes is 1. The molecule has 17 heavy (non-hydrogen) atoms. The maximum Gasteiger partial charge on any atom is 0.160 e. The van der Waals surface area contributed by atoms with Gasteiger partial charge in [0.15, 0.2) is 6.29 Å². The highest BCUT2D eigenvalue weighted by atomic mass is 32.1. The number of hydrogen-bond acceptors (Lipinski definition) is 4. The van der Waals surface area contributed by atoms with Crippen molar-refractivity contribution in [3.05, 3.63) is 21.9 Å². The van der Waals surface area contributed by atoms with Crippen molar-refractivity contribution >= 4 is 17.6 Å². The van der Waals surface area contributed by atoms with Gasteiger partial charge >= 0.3 is 0 Å². The van der Waals surface area contributed by atoms with Gasteiger partial charge in [0, 0.05) is 18.0 Å². The minimum Gasteiger partial charge on any atom is -0.379 e. The number of hydrogen-bond donors (Lipinski definition) is 0. The van der Waals surface area contributed by atoms with E-state index in [-0.39, 0.29) is 0 Å². The van der Waals surface area contributed by atoms with Crippen molar-refractivity contribution in [1.29, 1.82) is 0 Å². The van der Waals surface area contributed by atoms with Crippen LogP contribution in [0.1, 0.15) is 27.4 Å². The first kappa shape index (κ1) is 12.7. The Hall–Kier alpha value is -0.710. The number of rotatable bonds is 6. The van der Waals surface area contributed by atoms with Crippen molar-refractivity contribution in [2.24, 2.45) is 0 Å². The van der Waals surface area contributed by atoms with Crippen LogP contribution in [0.2, 0.25) is 0 Å². The van der Waals surface area contributed by atoms with E-state index in [9.17, 15) is 4.79 Å². The SMILES string of the molecule is O=Cc1ccc(CCCCN2CCOCC2)s1. The standard InChI is InChI=1S/C13H19NO2S/c15-11-13-5-4-12(17-13)3-1-2-6-14-7-9-16-10-8-14/h4-5,11H,1-3,6-10H2. The summed E-state index contributed by atoms with van der Waals surface area (Å²) < 4.78 is 5.32. The molecule has 1 aromatic rings. The first-order valence-electron chi connectivity index (χ1n) is 6.22. The summed E-state index contributed by atoms with van der Waals surface area (Å²) in [7, 11) is 0. The number of nitrogens with zero attached hydrogens (tertiary/aromatic N) is 1. The molecule has 1 aromatic heterocycles. The van der Waals surface area contributed by atoms with Crippen LogP contribution in [-0.4, -0.2) is 44.0 Å². The second-order valence-corrected chi connectivity index (χ2v) is 5.53. The molecule has 0 amide bonds. The molecular formula is C13H19NO2S. The maximum atomic E-state index is 10.5. The summed E-state index contributed by atoms with van der Waals surface area (Å²) in [5.41, 5.74) is 0. The maximum absolute atomic E-state index is 10.5. The fourth-order valence-corrected chi connectivity index (χ4v) is 2.92. The highest BCUT2D eigenvalue weighted by molar-refractivity contribution is 7.13. The highest BCUT2D eigenvalue weighted by Crippen LogP contribution is 2.17. The van der Waals surface area contributed by atoms with E-state index >= 15 is 0 Å². The van der Waals surface area contributed by atoms with Crippen LogP contribution in [0.5, 0.6) is 0 Å². The molecule has 0 aliphatic carbocycles. The van der Waals surface area contributed by atoms with Crippen LogP contribution in [0, 0.1) is 0 Å². The van der Waals surface area contributed by atoms with Crippen LogP contribution in [0.3, 0.4) is 0 Å². The summed E-state index contributed by atoms with van der Waals surface area (Å²) in [6.45, 7) is 5.10. The van der Waals surface area contributed by atoms with Gasteiger partial charge in [-0.25, -0.2) is 0 Å². The summed E-state index contributed by atoms with van der Waals surface area (Å²) in [6.07, 6.45) is 4.47. The lowest BCUT2D eigenvalue weighted by molar-refractivity contribution is 0.0372. The van der Waals surface area contributed by atoms with Crippen molar-refractivity contribution in [3.8, 4) is 0 Å². The number of carbonyl (C=O) groups excluding carboxylic acids is 1. The first-order chi connectivity index (χ1) is 8.38. The summed E-state index contributed by atoms with van der Waals surface area (Å²) >= 11 is 1.62. The van der Waals surface area contributed by atoms with Gasteiger partial charge in [0.05, 0.1) is 18.1 Å². The van der Waals surface area contributed by atoms with Crippen molar-refractivity contribution < 1.29 is 9.53 Å². The smallest absolute Gasteiger partial charge is 0.160 e. The molecule has 1 aliphatic heterocycles. The van der Waals surface area contributed by atoms with Gasteiger partial charge in [-0.15, -0.1) is 11.3 Å². The average Bonchev–Trinajstić information content (AvgIpc) is 2.84. The third-order valence-electron chi connectivity index (χ3n) is 3.05. The molecule has 4 heteroatoms. The Labute approximate surface area is 106 Å². The lowest BCUT2D eigenvalue weighted by Crippen LogP contribution is -2.36. The third-order valence-corrected chi connectivity index (χ3v) is 4.12. The summed E-state index contributed by atoms with van der Waals surface area (Å²) in [5, 5.41) is 0. The van der Waals surface area contributed by atoms with Crippen LogP contribution < -0.4 is 0 Å². The fourth-order valence-electron chi connectivity index (χ4n) is 2.05. The molecule has 0 bridgehead atoms. The normalized spacial score (nSPS) is 17.2. The van der Waals surface area contributed by atoms with E-state index in [1.165, 1.54) is 24.3 Å². The van der Waals surface area contributed by atoms with Crippen molar-refractivity contribution in [1.82, 2.24) is 4.90 Å². The van der Waals surface area contributed by atoms with Crippen molar-refractivity contribution in [2.75, 3.05) is 32.8 Å². The van der Waals surface area contributed by atoms with E-state index in [0.717, 1.165) is 43.9 Å². The van der Waals surface area contributed by atoms with Crippen LogP contribution in [0.25, 0.3) is 0 Å². The largest absolute Gasteiger partial charge is 0.379 e. The summed E-state index contributed by atoms with van der Waals surface area (Å²) in [5.74, 6) is 0. The second kappa shape index (κ2) is 6.89. The number of ether oxygens (including phenoxy) is 1. The molecule has 1 fully saturated rings. The first-order valence-corrected chi connectivity index (χ1v) is 7.04. The Kier molecular flexibility index (Phi) is 5.16. The molecule has 1 saturated heterocycles. The molecule has 0 spiro atoms. The molecule has 2 heterocycles. The second-order valence-electron chi connectivity index (χ2n) is 4.33. The van der Waals surface area contributed by atoms with E-state index < -0.39 is 0 Å². The molecule has 0 radical (unpaired) electrons. The molecule has 0 saturated carbocycles. The van der Waals surface area contributed by atoms with E-state index in [2.05, 4.69) is 11.0 Å². The number of carbonyl (C=O) groups is 1. The number of unbranched alkanes of at least 4 members (excludes halogenated alkanes) is 1. The molecular weight excluding hydrogens is 234 g/mol. The Morgan fingerprint density at radius 1 is 1.29 bits per heavy atom. The van der Waals surface area contributed by atoms with E-state index in [0.29, 0.717) is 0 Å². The number of morpholine rings is 1. The average molecular weight is 253 g/mol. The number of thiophene rings is 1. The van der Waals surface area contributed by atoms with Gasteiger partial charge in [0.2, 0.25) is 0 Å². The van der Waals surface area contributed by atoms with Gasteiger partial charge in [0.1, 0.15) is 0 Å². The molecule has 0 unspecified atom stereocenters. The lowest BCUT2D eigenvalue weighted by Gasteiger charge is -2.26. The minimum atomic E-state index is 0.841. The molecule has 0 N–H and O–H groups in total. The monoisotopic (exact) mass is 253 g/mol. The number of aryl methyl sites for hydroxylation is 1. The Morgan fingerprint density at radius 2 is 2.12 bits per heavy atom. The Morgan fingerprint density at radius 3 is 2.82 bits per heavy atom. The van der Waals surface area contributed by atoms with Crippen LogP contribution in [0.4, 0.5) is 0 Å². The molecule has 0 aromatic carbocycles. The molecule has 2 rings (SSSR count). The van der Waals surface area contributed by atoms with Crippen molar-refractivity contribution in [2.45, 2.75) is 19.3 Å². The summed E-state index contributed by atoms with van der Waals surface area (Å²) in [4.78, 5) is 15.2. The van der Waals surface area contributed by atoms with Gasteiger partial charge in [-0.3, -0.25) is 9.69 Å². The van der Waals surface area contributed by atoms with Gasteiger partial charge < -0.3 is 4.74 Å². The minimum absolute atomic E-state index is 0.841. The predicted octanol–water partition coefficient (Wildman–Crippen LogP) is 2.22. The van der Waals surface area contributed by atoms with Gasteiger partial charge in [-0.2, -0.15) is 0 Å². The van der Waals surface area contributed by atoms with Crippen molar-refractivity contribution in [3.63, 3.8) is 0 Å². The Bertz CT molecular complexity index is 345. The zero-order valence-electron chi connectivity index (χ0n) is 10.1. The molecule has 1 aliphatic rings.